The Bertz CT molecular complexity index is 766. The number of aliphatic carboxylic acids is 1. The highest BCUT2D eigenvalue weighted by Gasteiger charge is 2.46. The fraction of sp³-hybridized carbons (Fsp3) is 0.455. The Morgan fingerprint density at radius 1 is 0.742 bits per heavy atom. The molecule has 4 atom stereocenters. The Morgan fingerprint density at radius 3 is 1.45 bits per heavy atom. The number of carboxylic acid groups (broad SMARTS) is 1. The van der Waals surface area contributed by atoms with E-state index in [2.05, 4.69) is 26.3 Å². The zero-order chi connectivity index (χ0) is 24.5. The van der Waals surface area contributed by atoms with E-state index in [4.69, 9.17) is 24.1 Å². The molecule has 0 spiro atoms. The summed E-state index contributed by atoms with van der Waals surface area (Å²) < 4.78 is 21.5. The lowest BCUT2D eigenvalue weighted by Gasteiger charge is -2.39. The zero-order valence-electron chi connectivity index (χ0n) is 18.6. The number of carbonyl (C=O) groups excluding carboxylic acids is 3. The zero-order valence-corrected chi connectivity index (χ0v) is 18.6. The van der Waals surface area contributed by atoms with E-state index >= 15 is 0 Å². The standard InChI is InChI=1S/C18H24O7.C4H6O2/c1-9(2)16(19)23-13-8-22-12(7)14(24-17(20)10(3)4)15(13)25-18(21)11(5)6;1-3(2)4(5)6/h12-15H,1,3,5,8H2,2,4,6-7H3;1H2,2H3,(H,5,6)/t12?,13-,14-,15-;/m1./s1. The normalized spacial score (nSPS) is 22.0. The second-order valence-corrected chi connectivity index (χ2v) is 7.15. The van der Waals surface area contributed by atoms with Gasteiger partial charge in [-0.05, 0) is 34.6 Å². The van der Waals surface area contributed by atoms with Gasteiger partial charge in [-0.2, -0.15) is 0 Å². The highest BCUT2D eigenvalue weighted by Crippen LogP contribution is 2.25. The fourth-order valence-electron chi connectivity index (χ4n) is 2.01. The van der Waals surface area contributed by atoms with Crippen LogP contribution >= 0.6 is 0 Å². The summed E-state index contributed by atoms with van der Waals surface area (Å²) in [7, 11) is 0. The van der Waals surface area contributed by atoms with Gasteiger partial charge in [0.05, 0.1) is 12.7 Å². The monoisotopic (exact) mass is 438 g/mol. The van der Waals surface area contributed by atoms with Crippen LogP contribution in [0.4, 0.5) is 0 Å². The van der Waals surface area contributed by atoms with Crippen LogP contribution in [0.15, 0.2) is 48.6 Å². The van der Waals surface area contributed by atoms with E-state index in [9.17, 15) is 19.2 Å². The number of hydrogen-bond donors (Lipinski definition) is 1. The van der Waals surface area contributed by atoms with Crippen molar-refractivity contribution in [1.82, 2.24) is 0 Å². The third kappa shape index (κ3) is 9.43. The predicted molar refractivity (Wildman–Crippen MR) is 112 cm³/mol. The Labute approximate surface area is 182 Å². The van der Waals surface area contributed by atoms with Gasteiger partial charge in [-0.1, -0.05) is 26.3 Å². The van der Waals surface area contributed by atoms with Crippen LogP contribution in [-0.2, 0) is 38.1 Å². The van der Waals surface area contributed by atoms with Crippen molar-refractivity contribution < 1.29 is 43.2 Å². The first kappa shape index (κ1) is 27.8. The van der Waals surface area contributed by atoms with Gasteiger partial charge in [0.25, 0.3) is 0 Å². The maximum atomic E-state index is 12.0. The molecular formula is C22H30O9. The highest BCUT2D eigenvalue weighted by molar-refractivity contribution is 5.88. The smallest absolute Gasteiger partial charge is 0.333 e. The summed E-state index contributed by atoms with van der Waals surface area (Å²) >= 11 is 0. The van der Waals surface area contributed by atoms with E-state index in [0.717, 1.165) is 0 Å². The molecule has 0 aromatic carbocycles. The molecule has 31 heavy (non-hydrogen) atoms. The highest BCUT2D eigenvalue weighted by atomic mass is 16.6. The van der Waals surface area contributed by atoms with E-state index in [1.54, 1.807) is 6.92 Å². The topological polar surface area (TPSA) is 125 Å². The molecule has 1 fully saturated rings. The van der Waals surface area contributed by atoms with Gasteiger partial charge in [-0.15, -0.1) is 0 Å². The average molecular weight is 438 g/mol. The van der Waals surface area contributed by atoms with Crippen LogP contribution in [0.25, 0.3) is 0 Å². The summed E-state index contributed by atoms with van der Waals surface area (Å²) in [5.74, 6) is -2.95. The minimum atomic E-state index is -1.04. The van der Waals surface area contributed by atoms with Crippen molar-refractivity contribution in [2.24, 2.45) is 0 Å². The molecule has 1 heterocycles. The number of ether oxygens (including phenoxy) is 4. The second-order valence-electron chi connectivity index (χ2n) is 7.15. The quantitative estimate of drug-likeness (QED) is 0.362. The Hall–Kier alpha value is -3.20. The fourth-order valence-corrected chi connectivity index (χ4v) is 2.01. The Kier molecular flexibility index (Phi) is 11.2. The molecule has 0 saturated carbocycles. The van der Waals surface area contributed by atoms with Gasteiger partial charge in [-0.25, -0.2) is 19.2 Å². The molecule has 1 aliphatic rings. The van der Waals surface area contributed by atoms with Crippen LogP contribution in [0.1, 0.15) is 34.6 Å². The summed E-state index contributed by atoms with van der Waals surface area (Å²) in [6.07, 6.45) is -3.54. The van der Waals surface area contributed by atoms with Gasteiger partial charge in [0.1, 0.15) is 0 Å². The second kappa shape index (κ2) is 12.5. The van der Waals surface area contributed by atoms with Crippen molar-refractivity contribution in [2.45, 2.75) is 59.0 Å². The van der Waals surface area contributed by atoms with Crippen molar-refractivity contribution >= 4 is 23.9 Å². The number of carbonyl (C=O) groups is 4. The first-order chi connectivity index (χ1) is 14.2. The molecule has 172 valence electrons. The number of rotatable bonds is 7. The summed E-state index contributed by atoms with van der Waals surface area (Å²) in [5.41, 5.74) is 0.696. The molecule has 0 bridgehead atoms. The van der Waals surface area contributed by atoms with Gasteiger partial charge >= 0.3 is 23.9 Å². The Balaban J connectivity index is 0.00000131. The van der Waals surface area contributed by atoms with Gasteiger partial charge in [0, 0.05) is 22.3 Å². The SMILES string of the molecule is C=C(C)C(=O)O.C=C(C)C(=O)O[C@H]1[C@H](OC(=O)C(=C)C)C(C)OC[C@H]1OC(=O)C(=C)C. The van der Waals surface area contributed by atoms with Crippen LogP contribution in [-0.4, -0.2) is 60.0 Å². The molecule has 9 heteroatoms. The van der Waals surface area contributed by atoms with E-state index in [-0.39, 0.29) is 28.9 Å². The summed E-state index contributed by atoms with van der Waals surface area (Å²) in [6, 6.07) is 0. The van der Waals surface area contributed by atoms with Crippen LogP contribution in [0.5, 0.6) is 0 Å². The number of carboxylic acids is 1. The van der Waals surface area contributed by atoms with Crippen LogP contribution in [0, 0.1) is 0 Å². The molecule has 1 N–H and O–H groups in total. The van der Waals surface area contributed by atoms with Crippen LogP contribution < -0.4 is 0 Å². The molecule has 0 aromatic rings. The molecule has 1 unspecified atom stereocenters. The predicted octanol–water partition coefficient (Wildman–Crippen LogP) is 2.52. The van der Waals surface area contributed by atoms with E-state index in [1.165, 1.54) is 27.7 Å². The molecule has 1 aliphatic heterocycles. The van der Waals surface area contributed by atoms with Crippen molar-refractivity contribution in [2.75, 3.05) is 6.61 Å². The Morgan fingerprint density at radius 2 is 1.10 bits per heavy atom. The molecule has 0 amide bonds. The van der Waals surface area contributed by atoms with Crippen molar-refractivity contribution in [3.63, 3.8) is 0 Å². The summed E-state index contributed by atoms with van der Waals surface area (Å²) in [5, 5.41) is 7.89. The first-order valence-electron chi connectivity index (χ1n) is 9.28. The maximum absolute atomic E-state index is 12.0. The van der Waals surface area contributed by atoms with Crippen molar-refractivity contribution in [3.8, 4) is 0 Å². The first-order valence-corrected chi connectivity index (χ1v) is 9.28. The minimum absolute atomic E-state index is 0.0184. The van der Waals surface area contributed by atoms with Crippen LogP contribution in [0.2, 0.25) is 0 Å². The number of hydrogen-bond acceptors (Lipinski definition) is 8. The average Bonchev–Trinajstić information content (AvgIpc) is 2.66. The maximum Gasteiger partial charge on any atom is 0.333 e. The van der Waals surface area contributed by atoms with Crippen molar-refractivity contribution in [3.05, 3.63) is 48.6 Å². The lowest BCUT2D eigenvalue weighted by atomic mass is 10.00. The molecule has 1 saturated heterocycles. The van der Waals surface area contributed by atoms with Crippen LogP contribution in [0.3, 0.4) is 0 Å². The number of esters is 3. The molecule has 0 aliphatic carbocycles. The summed E-state index contributed by atoms with van der Waals surface area (Å²) in [4.78, 5) is 45.3. The molecule has 1 rings (SSSR count). The molecule has 0 radical (unpaired) electrons. The third-order valence-corrected chi connectivity index (χ3v) is 3.83. The van der Waals surface area contributed by atoms with Crippen molar-refractivity contribution in [1.29, 1.82) is 0 Å². The third-order valence-electron chi connectivity index (χ3n) is 3.83. The lowest BCUT2D eigenvalue weighted by molar-refractivity contribution is -0.221. The minimum Gasteiger partial charge on any atom is -0.478 e. The molecular weight excluding hydrogens is 408 g/mol. The largest absolute Gasteiger partial charge is 0.478 e. The van der Waals surface area contributed by atoms with E-state index < -0.39 is 48.3 Å². The van der Waals surface area contributed by atoms with E-state index in [0.29, 0.717) is 0 Å². The van der Waals surface area contributed by atoms with Gasteiger partial charge in [-0.3, -0.25) is 0 Å². The molecule has 9 nitrogen and oxygen atoms in total. The van der Waals surface area contributed by atoms with Gasteiger partial charge in [0.2, 0.25) is 0 Å². The lowest BCUT2D eigenvalue weighted by Crippen LogP contribution is -2.57. The van der Waals surface area contributed by atoms with Gasteiger partial charge < -0.3 is 24.1 Å². The van der Waals surface area contributed by atoms with Gasteiger partial charge in [0.15, 0.2) is 18.3 Å². The summed E-state index contributed by atoms with van der Waals surface area (Å²) in [6.45, 7) is 21.2. The molecule has 0 aromatic heterocycles. The van der Waals surface area contributed by atoms with E-state index in [1.807, 2.05) is 0 Å².